The van der Waals surface area contributed by atoms with Crippen LogP contribution < -0.4 is 4.90 Å². The molecular formula is C12H7ClFN3O2S. The number of benzene rings is 1. The van der Waals surface area contributed by atoms with Crippen molar-refractivity contribution in [3.63, 3.8) is 0 Å². The number of anilines is 1. The highest BCUT2D eigenvalue weighted by Crippen LogP contribution is 2.34. The molecule has 0 radical (unpaired) electrons. The summed E-state index contributed by atoms with van der Waals surface area (Å²) in [4.78, 5) is 24.9. The summed E-state index contributed by atoms with van der Waals surface area (Å²) in [6, 6.07) is 2.78. The molecule has 102 valence electrons. The molecule has 0 atom stereocenters. The first-order valence-electron chi connectivity index (χ1n) is 5.62. The third-order valence-electron chi connectivity index (χ3n) is 2.98. The van der Waals surface area contributed by atoms with Crippen molar-refractivity contribution in [2.24, 2.45) is 0 Å². The summed E-state index contributed by atoms with van der Waals surface area (Å²) < 4.78 is 18.0. The molecule has 0 saturated heterocycles. The van der Waals surface area contributed by atoms with Crippen molar-refractivity contribution in [1.29, 1.82) is 0 Å². The summed E-state index contributed by atoms with van der Waals surface area (Å²) in [6.07, 6.45) is 0. The molecule has 0 spiro atoms. The fraction of sp³-hybridized carbons (Fsp3) is 0.167. The van der Waals surface area contributed by atoms with Gasteiger partial charge in [0.1, 0.15) is 15.8 Å². The molecule has 0 aliphatic carbocycles. The second kappa shape index (κ2) is 4.60. The zero-order valence-electron chi connectivity index (χ0n) is 10.2. The molecule has 5 nitrogen and oxygen atoms in total. The van der Waals surface area contributed by atoms with Crippen molar-refractivity contribution in [3.05, 3.63) is 39.1 Å². The summed E-state index contributed by atoms with van der Waals surface area (Å²) in [5, 5.41) is 3.77. The summed E-state index contributed by atoms with van der Waals surface area (Å²) >= 11 is 6.84. The Bertz CT molecular complexity index is 746. The molecule has 1 aromatic heterocycles. The van der Waals surface area contributed by atoms with Crippen molar-refractivity contribution >= 4 is 40.5 Å². The number of halogens is 2. The van der Waals surface area contributed by atoms with Gasteiger partial charge in [0, 0.05) is 11.5 Å². The van der Waals surface area contributed by atoms with Gasteiger partial charge < -0.3 is 0 Å². The van der Waals surface area contributed by atoms with Gasteiger partial charge in [-0.1, -0.05) is 16.1 Å². The number of carbonyl (C=O) groups excluding carboxylic acids is 2. The minimum Gasteiger partial charge on any atom is -0.296 e. The fourth-order valence-electron chi connectivity index (χ4n) is 2.11. The quantitative estimate of drug-likeness (QED) is 0.799. The SMILES string of the molecule is Cc1cc(F)c2c(c1)C(=O)C(=O)N2Cc1nnsc1Cl. The lowest BCUT2D eigenvalue weighted by atomic mass is 10.1. The smallest absolute Gasteiger partial charge is 0.296 e. The molecule has 1 amide bonds. The number of aryl methyl sites for hydroxylation is 1. The van der Waals surface area contributed by atoms with E-state index in [0.29, 0.717) is 15.6 Å². The van der Waals surface area contributed by atoms with Gasteiger partial charge in [-0.15, -0.1) is 5.10 Å². The summed E-state index contributed by atoms with van der Waals surface area (Å²) in [7, 11) is 0. The molecule has 3 rings (SSSR count). The lowest BCUT2D eigenvalue weighted by Gasteiger charge is -2.15. The Morgan fingerprint density at radius 1 is 1.40 bits per heavy atom. The molecule has 20 heavy (non-hydrogen) atoms. The lowest BCUT2D eigenvalue weighted by Crippen LogP contribution is -2.29. The highest BCUT2D eigenvalue weighted by molar-refractivity contribution is 7.10. The predicted octanol–water partition coefficient (Wildman–Crippen LogP) is 2.37. The van der Waals surface area contributed by atoms with E-state index in [1.807, 2.05) is 0 Å². The Balaban J connectivity index is 2.09. The number of carbonyl (C=O) groups is 2. The average molecular weight is 312 g/mol. The summed E-state index contributed by atoms with van der Waals surface area (Å²) in [6.45, 7) is 1.58. The van der Waals surface area contributed by atoms with Crippen LogP contribution in [0.2, 0.25) is 4.34 Å². The van der Waals surface area contributed by atoms with E-state index in [1.54, 1.807) is 6.92 Å². The van der Waals surface area contributed by atoms with Crippen LogP contribution in [0.15, 0.2) is 12.1 Å². The van der Waals surface area contributed by atoms with Crippen LogP contribution in [-0.4, -0.2) is 21.3 Å². The van der Waals surface area contributed by atoms with Gasteiger partial charge in [-0.05, 0) is 24.6 Å². The van der Waals surface area contributed by atoms with E-state index < -0.39 is 17.5 Å². The molecule has 0 unspecified atom stereocenters. The third-order valence-corrected chi connectivity index (χ3v) is 3.96. The van der Waals surface area contributed by atoms with Crippen LogP contribution in [-0.2, 0) is 11.3 Å². The zero-order valence-corrected chi connectivity index (χ0v) is 11.8. The van der Waals surface area contributed by atoms with Gasteiger partial charge in [0.05, 0.1) is 17.8 Å². The second-order valence-corrected chi connectivity index (χ2v) is 5.71. The number of nitrogens with zero attached hydrogens (tertiary/aromatic N) is 3. The number of Topliss-reactive ketones (excluding diaryl/α,β-unsaturated/α-hetero) is 1. The van der Waals surface area contributed by atoms with E-state index in [9.17, 15) is 14.0 Å². The molecule has 8 heteroatoms. The first-order valence-corrected chi connectivity index (χ1v) is 6.77. The predicted molar refractivity (Wildman–Crippen MR) is 71.6 cm³/mol. The highest BCUT2D eigenvalue weighted by atomic mass is 35.5. The van der Waals surface area contributed by atoms with Gasteiger partial charge in [-0.2, -0.15) is 0 Å². The monoisotopic (exact) mass is 311 g/mol. The summed E-state index contributed by atoms with van der Waals surface area (Å²) in [5.41, 5.74) is 0.977. The topological polar surface area (TPSA) is 63.2 Å². The number of ketones is 1. The Morgan fingerprint density at radius 2 is 2.15 bits per heavy atom. The van der Waals surface area contributed by atoms with Crippen LogP contribution >= 0.6 is 23.1 Å². The molecule has 1 aromatic carbocycles. The molecule has 0 bridgehead atoms. The number of hydrogen-bond acceptors (Lipinski definition) is 5. The van der Waals surface area contributed by atoms with E-state index >= 15 is 0 Å². The standard InChI is InChI=1S/C12H7ClFN3O2S/c1-5-2-6-9(7(14)3-5)17(12(19)10(6)18)4-8-11(13)20-16-15-8/h2-3H,4H2,1H3. The average Bonchev–Trinajstić information content (AvgIpc) is 2.88. The van der Waals surface area contributed by atoms with Crippen LogP contribution in [0, 0.1) is 12.7 Å². The number of rotatable bonds is 2. The normalized spacial score (nSPS) is 14.1. The number of hydrogen-bond donors (Lipinski definition) is 0. The molecule has 2 aromatic rings. The highest BCUT2D eigenvalue weighted by Gasteiger charge is 2.39. The van der Waals surface area contributed by atoms with E-state index in [-0.39, 0.29) is 17.8 Å². The first kappa shape index (κ1) is 13.1. The van der Waals surface area contributed by atoms with E-state index in [1.165, 1.54) is 12.1 Å². The Hall–Kier alpha value is -1.86. The van der Waals surface area contributed by atoms with Crippen LogP contribution in [0.4, 0.5) is 10.1 Å². The van der Waals surface area contributed by atoms with E-state index in [2.05, 4.69) is 9.59 Å². The van der Waals surface area contributed by atoms with Crippen molar-refractivity contribution < 1.29 is 14.0 Å². The van der Waals surface area contributed by atoms with Gasteiger partial charge in [-0.3, -0.25) is 14.5 Å². The molecule has 0 N–H and O–H groups in total. The maximum absolute atomic E-state index is 14.1. The largest absolute Gasteiger partial charge is 0.299 e. The van der Waals surface area contributed by atoms with Crippen molar-refractivity contribution in [2.75, 3.05) is 4.90 Å². The van der Waals surface area contributed by atoms with Crippen molar-refractivity contribution in [2.45, 2.75) is 13.5 Å². The maximum Gasteiger partial charge on any atom is 0.299 e. The molecule has 0 fully saturated rings. The van der Waals surface area contributed by atoms with Gasteiger partial charge in [0.25, 0.3) is 11.7 Å². The molecule has 1 aliphatic rings. The van der Waals surface area contributed by atoms with Crippen LogP contribution in [0.5, 0.6) is 0 Å². The van der Waals surface area contributed by atoms with Gasteiger partial charge in [0.15, 0.2) is 0 Å². The number of amides is 1. The van der Waals surface area contributed by atoms with E-state index in [0.717, 1.165) is 16.4 Å². The van der Waals surface area contributed by atoms with Gasteiger partial charge >= 0.3 is 0 Å². The Kier molecular flexibility index (Phi) is 3.02. The molecule has 0 saturated carbocycles. The van der Waals surface area contributed by atoms with E-state index in [4.69, 9.17) is 11.6 Å². The number of fused-ring (bicyclic) bond motifs is 1. The van der Waals surface area contributed by atoms with Gasteiger partial charge in [0.2, 0.25) is 0 Å². The Labute approximate surface area is 122 Å². The van der Waals surface area contributed by atoms with Crippen LogP contribution in [0.25, 0.3) is 0 Å². The van der Waals surface area contributed by atoms with Crippen molar-refractivity contribution in [3.8, 4) is 0 Å². The minimum absolute atomic E-state index is 0.0188. The third kappa shape index (κ3) is 1.90. The Morgan fingerprint density at radius 3 is 2.80 bits per heavy atom. The summed E-state index contributed by atoms with van der Waals surface area (Å²) in [5.74, 6) is -2.12. The fourth-order valence-corrected chi connectivity index (χ4v) is 2.73. The van der Waals surface area contributed by atoms with Gasteiger partial charge in [-0.25, -0.2) is 4.39 Å². The minimum atomic E-state index is -0.784. The molecule has 1 aliphatic heterocycles. The number of aromatic nitrogens is 2. The molecular weight excluding hydrogens is 305 g/mol. The van der Waals surface area contributed by atoms with Crippen molar-refractivity contribution in [1.82, 2.24) is 9.59 Å². The van der Waals surface area contributed by atoms with Crippen LogP contribution in [0.3, 0.4) is 0 Å². The lowest BCUT2D eigenvalue weighted by molar-refractivity contribution is -0.114. The van der Waals surface area contributed by atoms with Crippen LogP contribution in [0.1, 0.15) is 21.6 Å². The zero-order chi connectivity index (χ0) is 14.4. The maximum atomic E-state index is 14.1. The first-order chi connectivity index (χ1) is 9.49. The molecule has 2 heterocycles. The second-order valence-electron chi connectivity index (χ2n) is 4.36.